The first kappa shape index (κ1) is 49.6. The first-order valence-corrected chi connectivity index (χ1v) is 24.1. The van der Waals surface area contributed by atoms with Crippen molar-refractivity contribution < 1.29 is 28.9 Å². The predicted molar refractivity (Wildman–Crippen MR) is 289 cm³/mol. The standard InChI is InChI=1S/C31H28N4O3.C29H24N4O3/c1-6-16-38-23-13-15-25-24(18-23)28(21-10-8-20(9-11-21)19(3)4)34-29(32-25)30-33-26-14-12-22(31(36)37-7-2)17-27(26)35(30)5;1-5-14-36-21-11-13-23-22(16-21)26(19-8-6-18(7-9-19)17(2)3)32-27(30-23)28-31-24-12-10-20(29(34)35)15-25(24)33(28)4/h1,8-15,17-19H,7,16H2,2-5H3;1,6-13,15-17H,14H2,2-4H3,(H,34,35). The molecule has 14 heteroatoms. The molecule has 74 heavy (non-hydrogen) atoms. The third-order valence-electron chi connectivity index (χ3n) is 12.6. The second kappa shape index (κ2) is 21.1. The molecule has 0 aliphatic rings. The average molecular weight is 981 g/mol. The van der Waals surface area contributed by atoms with Crippen molar-refractivity contribution in [3.63, 3.8) is 0 Å². The Morgan fingerprint density at radius 3 is 1.38 bits per heavy atom. The number of nitrogens with zero attached hydrogens (tertiary/aromatic N) is 8. The Hall–Kier alpha value is -9.40. The van der Waals surface area contributed by atoms with E-state index in [4.69, 9.17) is 57.0 Å². The molecular formula is C60H52N8O6. The molecule has 0 amide bonds. The highest BCUT2D eigenvalue weighted by Gasteiger charge is 2.21. The summed E-state index contributed by atoms with van der Waals surface area (Å²) in [7, 11) is 3.72. The van der Waals surface area contributed by atoms with Gasteiger partial charge in [0.2, 0.25) is 0 Å². The van der Waals surface area contributed by atoms with Gasteiger partial charge in [-0.05, 0) is 103 Å². The number of aromatic carboxylic acids is 1. The van der Waals surface area contributed by atoms with E-state index in [1.54, 1.807) is 37.3 Å². The highest BCUT2D eigenvalue weighted by Crippen LogP contribution is 2.35. The van der Waals surface area contributed by atoms with Crippen LogP contribution in [0.25, 0.3) is 89.7 Å². The number of benzene rings is 6. The number of aromatic nitrogens is 8. The van der Waals surface area contributed by atoms with Gasteiger partial charge in [0.15, 0.2) is 23.3 Å². The summed E-state index contributed by atoms with van der Waals surface area (Å²) in [5.41, 5.74) is 10.9. The van der Waals surface area contributed by atoms with Gasteiger partial charge in [-0.2, -0.15) is 0 Å². The lowest BCUT2D eigenvalue weighted by atomic mass is 9.99. The van der Waals surface area contributed by atoms with Crippen LogP contribution in [0.5, 0.6) is 11.5 Å². The summed E-state index contributed by atoms with van der Waals surface area (Å²) in [6.45, 7) is 11.1. The van der Waals surface area contributed by atoms with Crippen LogP contribution in [0, 0.1) is 24.7 Å². The second-order valence-electron chi connectivity index (χ2n) is 18.1. The van der Waals surface area contributed by atoms with Crippen molar-refractivity contribution in [1.82, 2.24) is 39.0 Å². The van der Waals surface area contributed by atoms with Gasteiger partial charge in [-0.3, -0.25) is 0 Å². The second-order valence-corrected chi connectivity index (χ2v) is 18.1. The third-order valence-corrected chi connectivity index (χ3v) is 12.6. The number of carbonyl (C=O) groups is 2. The van der Waals surface area contributed by atoms with Crippen molar-refractivity contribution >= 4 is 55.8 Å². The van der Waals surface area contributed by atoms with Crippen LogP contribution >= 0.6 is 0 Å². The molecule has 1 N–H and O–H groups in total. The molecule has 0 fully saturated rings. The van der Waals surface area contributed by atoms with Crippen LogP contribution in [0.2, 0.25) is 0 Å². The normalized spacial score (nSPS) is 11.2. The Morgan fingerprint density at radius 2 is 0.973 bits per heavy atom. The molecule has 0 spiro atoms. The zero-order valence-electron chi connectivity index (χ0n) is 42.0. The van der Waals surface area contributed by atoms with Gasteiger partial charge in [0.1, 0.15) is 24.7 Å². The largest absolute Gasteiger partial charge is 0.481 e. The van der Waals surface area contributed by atoms with E-state index in [1.807, 2.05) is 65.7 Å². The first-order valence-electron chi connectivity index (χ1n) is 24.1. The Kier molecular flexibility index (Phi) is 14.2. The number of carbonyl (C=O) groups excluding carboxylic acids is 1. The molecule has 10 rings (SSSR count). The molecule has 0 bridgehead atoms. The number of ether oxygens (including phenoxy) is 3. The molecule has 4 aromatic heterocycles. The number of terminal acetylenes is 2. The number of hydrogen-bond acceptors (Lipinski definition) is 11. The van der Waals surface area contributed by atoms with Crippen molar-refractivity contribution in [3.05, 3.63) is 144 Å². The molecule has 0 saturated carbocycles. The van der Waals surface area contributed by atoms with Crippen molar-refractivity contribution in [2.45, 2.75) is 46.5 Å². The maximum atomic E-state index is 12.3. The van der Waals surface area contributed by atoms with Gasteiger partial charge in [-0.15, -0.1) is 12.8 Å². The molecular weight excluding hydrogens is 929 g/mol. The lowest BCUT2D eigenvalue weighted by molar-refractivity contribution is 0.0526. The number of hydrogen-bond donors (Lipinski definition) is 1. The number of rotatable bonds is 13. The van der Waals surface area contributed by atoms with E-state index in [-0.39, 0.29) is 24.7 Å². The molecule has 0 atom stereocenters. The van der Waals surface area contributed by atoms with Crippen LogP contribution in [0.4, 0.5) is 0 Å². The van der Waals surface area contributed by atoms with Crippen molar-refractivity contribution in [2.75, 3.05) is 19.8 Å². The number of aryl methyl sites for hydroxylation is 2. The monoisotopic (exact) mass is 980 g/mol. The van der Waals surface area contributed by atoms with Gasteiger partial charge in [0.05, 0.1) is 62.2 Å². The summed E-state index contributed by atoms with van der Waals surface area (Å²) in [6.07, 6.45) is 10.7. The highest BCUT2D eigenvalue weighted by molar-refractivity contribution is 5.98. The van der Waals surface area contributed by atoms with Crippen molar-refractivity contribution in [1.29, 1.82) is 0 Å². The van der Waals surface area contributed by atoms with Crippen LogP contribution in [0.15, 0.2) is 121 Å². The lowest BCUT2D eigenvalue weighted by Gasteiger charge is -2.12. The van der Waals surface area contributed by atoms with E-state index < -0.39 is 5.97 Å². The van der Waals surface area contributed by atoms with E-state index in [1.165, 1.54) is 11.1 Å². The van der Waals surface area contributed by atoms with Gasteiger partial charge in [0.25, 0.3) is 0 Å². The molecule has 0 aliphatic heterocycles. The summed E-state index contributed by atoms with van der Waals surface area (Å²) in [5, 5.41) is 11.1. The Bertz CT molecular complexity index is 3860. The highest BCUT2D eigenvalue weighted by atomic mass is 16.5. The Morgan fingerprint density at radius 1 is 0.554 bits per heavy atom. The first-order chi connectivity index (χ1) is 35.7. The predicted octanol–water partition coefficient (Wildman–Crippen LogP) is 11.8. The van der Waals surface area contributed by atoms with E-state index >= 15 is 0 Å². The van der Waals surface area contributed by atoms with E-state index in [2.05, 4.69) is 88.1 Å². The van der Waals surface area contributed by atoms with Gasteiger partial charge < -0.3 is 28.5 Å². The Balaban J connectivity index is 0.000000182. The van der Waals surface area contributed by atoms with Crippen LogP contribution in [0.3, 0.4) is 0 Å². The maximum absolute atomic E-state index is 12.3. The molecule has 0 saturated heterocycles. The van der Waals surface area contributed by atoms with Crippen molar-refractivity contribution in [2.24, 2.45) is 14.1 Å². The summed E-state index contributed by atoms with van der Waals surface area (Å²) in [4.78, 5) is 52.9. The average Bonchev–Trinajstić information content (AvgIpc) is 3.94. The molecule has 0 aliphatic carbocycles. The number of carboxylic acids is 1. The summed E-state index contributed by atoms with van der Waals surface area (Å²) >= 11 is 0. The summed E-state index contributed by atoms with van der Waals surface area (Å²) in [6, 6.07) is 38.2. The Labute approximate surface area is 428 Å². The van der Waals surface area contributed by atoms with Gasteiger partial charge in [0, 0.05) is 36.0 Å². The van der Waals surface area contributed by atoms with Crippen LogP contribution in [-0.4, -0.2) is 75.9 Å². The zero-order chi connectivity index (χ0) is 52.2. The van der Waals surface area contributed by atoms with Crippen LogP contribution in [0.1, 0.15) is 78.3 Å². The minimum Gasteiger partial charge on any atom is -0.481 e. The summed E-state index contributed by atoms with van der Waals surface area (Å²) < 4.78 is 20.2. The fourth-order valence-electron chi connectivity index (χ4n) is 8.59. The quantitative estimate of drug-likeness (QED) is 0.0858. The van der Waals surface area contributed by atoms with Crippen LogP contribution in [-0.2, 0) is 18.8 Å². The van der Waals surface area contributed by atoms with Crippen molar-refractivity contribution in [3.8, 4) is 82.0 Å². The smallest absolute Gasteiger partial charge is 0.338 e. The fraction of sp³-hybridized carbons (Fsp3) is 0.200. The topological polar surface area (TPSA) is 169 Å². The van der Waals surface area contributed by atoms with Gasteiger partial charge in [-0.1, -0.05) is 88.1 Å². The molecule has 0 radical (unpaired) electrons. The number of carboxylic acid groups (broad SMARTS) is 1. The third kappa shape index (κ3) is 10.1. The molecule has 4 heterocycles. The maximum Gasteiger partial charge on any atom is 0.338 e. The lowest BCUT2D eigenvalue weighted by Crippen LogP contribution is -2.04. The number of fused-ring (bicyclic) bond motifs is 4. The zero-order valence-corrected chi connectivity index (χ0v) is 42.0. The SMILES string of the molecule is C#CCOc1ccc2nc(-c3nc4ccc(C(=O)O)cc4n3C)nc(-c3ccc(C(C)C)cc3)c2c1.C#CCOc1ccc2nc(-c3nc4ccc(C(=O)OCC)cc4n3C)nc(-c3ccc(C(C)C)cc3)c2c1. The number of esters is 1. The molecule has 6 aromatic carbocycles. The van der Waals surface area contributed by atoms with E-state index in [9.17, 15) is 14.7 Å². The van der Waals surface area contributed by atoms with Crippen LogP contribution < -0.4 is 9.47 Å². The fourth-order valence-corrected chi connectivity index (χ4v) is 8.59. The molecule has 14 nitrogen and oxygen atoms in total. The number of imidazole rings is 2. The minimum absolute atomic E-state index is 0.168. The molecule has 10 aromatic rings. The molecule has 368 valence electrons. The van der Waals surface area contributed by atoms with E-state index in [0.717, 1.165) is 55.4 Å². The van der Waals surface area contributed by atoms with Gasteiger partial charge in [-0.25, -0.2) is 39.5 Å². The van der Waals surface area contributed by atoms with Gasteiger partial charge >= 0.3 is 11.9 Å². The summed E-state index contributed by atoms with van der Waals surface area (Å²) in [5.74, 6) is 7.82. The van der Waals surface area contributed by atoms with E-state index in [0.29, 0.717) is 69.8 Å². The minimum atomic E-state index is -0.989. The molecule has 0 unspecified atom stereocenters.